The van der Waals surface area contributed by atoms with Gasteiger partial charge in [0, 0.05) is 30.1 Å². The molecule has 0 radical (unpaired) electrons. The lowest BCUT2D eigenvalue weighted by atomic mass is 10.1. The van der Waals surface area contributed by atoms with Crippen LogP contribution in [0, 0.1) is 5.92 Å². The van der Waals surface area contributed by atoms with E-state index in [-0.39, 0.29) is 11.9 Å². The molecule has 2 atom stereocenters. The Morgan fingerprint density at radius 2 is 2.08 bits per heavy atom. The van der Waals surface area contributed by atoms with E-state index in [1.807, 2.05) is 0 Å². The first-order chi connectivity index (χ1) is 12.1. The van der Waals surface area contributed by atoms with Gasteiger partial charge in [-0.25, -0.2) is 23.3 Å². The van der Waals surface area contributed by atoms with Crippen LogP contribution in [-0.4, -0.2) is 45.2 Å². The van der Waals surface area contributed by atoms with Crippen LogP contribution >= 0.6 is 0 Å². The third-order valence-corrected chi connectivity index (χ3v) is 4.33. The molecular formula is C16H15F2N5O2. The van der Waals surface area contributed by atoms with Crippen molar-refractivity contribution in [3.05, 3.63) is 30.2 Å². The van der Waals surface area contributed by atoms with Crippen LogP contribution in [0.1, 0.15) is 17.9 Å². The van der Waals surface area contributed by atoms with Crippen molar-refractivity contribution in [3.63, 3.8) is 0 Å². The van der Waals surface area contributed by atoms with E-state index in [2.05, 4.69) is 20.1 Å². The molecule has 3 aromatic heterocycles. The molecule has 7 nitrogen and oxygen atoms in total. The fourth-order valence-corrected chi connectivity index (χ4v) is 2.98. The molecule has 0 bridgehead atoms. The van der Waals surface area contributed by atoms with Crippen molar-refractivity contribution in [2.75, 3.05) is 14.2 Å². The predicted octanol–water partition coefficient (Wildman–Crippen LogP) is 2.57. The number of rotatable bonds is 5. The molecule has 3 aromatic rings. The van der Waals surface area contributed by atoms with Gasteiger partial charge in [-0.05, 0) is 18.4 Å². The quantitative estimate of drug-likeness (QED) is 0.706. The molecule has 0 aromatic carbocycles. The average molecular weight is 347 g/mol. The molecule has 0 N–H and O–H groups in total. The van der Waals surface area contributed by atoms with E-state index in [1.165, 1.54) is 20.4 Å². The molecule has 1 fully saturated rings. The van der Waals surface area contributed by atoms with Gasteiger partial charge in [0.1, 0.15) is 0 Å². The summed E-state index contributed by atoms with van der Waals surface area (Å²) >= 11 is 0. The van der Waals surface area contributed by atoms with Crippen LogP contribution < -0.4 is 9.47 Å². The highest BCUT2D eigenvalue weighted by Gasteiger charge is 2.46. The van der Waals surface area contributed by atoms with Gasteiger partial charge in [0.15, 0.2) is 5.65 Å². The number of halogens is 2. The van der Waals surface area contributed by atoms with E-state index in [4.69, 9.17) is 9.47 Å². The normalized spacial score (nSPS) is 19.4. The largest absolute Gasteiger partial charge is 0.480 e. The first kappa shape index (κ1) is 15.7. The van der Waals surface area contributed by atoms with Gasteiger partial charge in [-0.1, -0.05) is 0 Å². The zero-order valence-corrected chi connectivity index (χ0v) is 13.6. The summed E-state index contributed by atoms with van der Waals surface area (Å²) in [6, 6.07) is 1.94. The van der Waals surface area contributed by atoms with Gasteiger partial charge in [-0.2, -0.15) is 10.1 Å². The second kappa shape index (κ2) is 5.91. The number of alkyl halides is 2. The number of fused-ring (bicyclic) bond motifs is 1. The lowest BCUT2D eigenvalue weighted by Crippen LogP contribution is -2.03. The molecule has 3 heterocycles. The summed E-state index contributed by atoms with van der Waals surface area (Å²) in [7, 11) is 2.94. The molecule has 130 valence electrons. The molecule has 0 spiro atoms. The fourth-order valence-electron chi connectivity index (χ4n) is 2.98. The smallest absolute Gasteiger partial charge is 0.319 e. The van der Waals surface area contributed by atoms with Crippen LogP contribution in [0.25, 0.3) is 16.9 Å². The molecule has 25 heavy (non-hydrogen) atoms. The number of nitrogens with zero attached hydrogens (tertiary/aromatic N) is 5. The number of hydrogen-bond donors (Lipinski definition) is 0. The molecule has 1 aliphatic rings. The zero-order chi connectivity index (χ0) is 17.6. The minimum Gasteiger partial charge on any atom is -0.480 e. The summed E-state index contributed by atoms with van der Waals surface area (Å²) in [4.78, 5) is 12.5. The van der Waals surface area contributed by atoms with Gasteiger partial charge in [-0.15, -0.1) is 0 Å². The van der Waals surface area contributed by atoms with Gasteiger partial charge in [-0.3, -0.25) is 0 Å². The Labute approximate surface area is 141 Å². The van der Waals surface area contributed by atoms with Crippen LogP contribution in [-0.2, 0) is 0 Å². The number of ether oxygens (including phenoxy) is 2. The number of imidazole rings is 1. The lowest BCUT2D eigenvalue weighted by Gasteiger charge is -2.10. The van der Waals surface area contributed by atoms with Crippen molar-refractivity contribution in [2.24, 2.45) is 5.92 Å². The number of hydrogen-bond acceptors (Lipinski definition) is 6. The molecule has 4 rings (SSSR count). The third-order valence-electron chi connectivity index (χ3n) is 4.33. The van der Waals surface area contributed by atoms with Crippen LogP contribution in [0.5, 0.6) is 11.9 Å². The first-order valence-electron chi connectivity index (χ1n) is 7.70. The predicted molar refractivity (Wildman–Crippen MR) is 84.0 cm³/mol. The summed E-state index contributed by atoms with van der Waals surface area (Å²) in [6.07, 6.45) is 2.92. The van der Waals surface area contributed by atoms with Crippen LogP contribution in [0.3, 0.4) is 0 Å². The monoisotopic (exact) mass is 347 g/mol. The Bertz CT molecular complexity index is 930. The maximum Gasteiger partial charge on any atom is 0.319 e. The molecule has 0 saturated heterocycles. The van der Waals surface area contributed by atoms with Crippen molar-refractivity contribution >= 4 is 5.65 Å². The Kier molecular flexibility index (Phi) is 3.70. The van der Waals surface area contributed by atoms with Gasteiger partial charge in [0.2, 0.25) is 12.3 Å². The second-order valence-electron chi connectivity index (χ2n) is 5.80. The highest BCUT2D eigenvalue weighted by molar-refractivity contribution is 5.67. The number of methoxy groups -OCH3 is 2. The molecule has 1 saturated carbocycles. The lowest BCUT2D eigenvalue weighted by molar-refractivity contribution is 0.120. The maximum absolute atomic E-state index is 13.0. The van der Waals surface area contributed by atoms with Gasteiger partial charge in [0.05, 0.1) is 25.5 Å². The first-order valence-corrected chi connectivity index (χ1v) is 7.70. The molecule has 1 aliphatic carbocycles. The molecule has 0 unspecified atom stereocenters. The topological polar surface area (TPSA) is 74.4 Å². The Morgan fingerprint density at radius 1 is 1.24 bits per heavy atom. The van der Waals surface area contributed by atoms with Crippen molar-refractivity contribution in [2.45, 2.75) is 18.8 Å². The Balaban J connectivity index is 1.84. The van der Waals surface area contributed by atoms with Crippen molar-refractivity contribution < 1.29 is 18.3 Å². The van der Waals surface area contributed by atoms with Crippen LogP contribution in [0.2, 0.25) is 0 Å². The average Bonchev–Trinajstić information content (AvgIpc) is 3.30. The standard InChI is InChI=1S/C16H15F2N5O2/c1-24-15-11(7-20-16(21-15)25-2)12-6-10(8-5-9(8)13(17)18)14-19-3-4-23(14)22-12/h3-4,6-9,13H,5H2,1-2H3/t8-,9-/m0/s1. The van der Waals surface area contributed by atoms with Gasteiger partial charge < -0.3 is 9.47 Å². The Morgan fingerprint density at radius 3 is 2.76 bits per heavy atom. The second-order valence-corrected chi connectivity index (χ2v) is 5.80. The SMILES string of the molecule is COc1ncc(-c2cc([C@H]3C[C@@H]3C(F)F)c3nccn3n2)c(OC)n1. The minimum atomic E-state index is -2.34. The summed E-state index contributed by atoms with van der Waals surface area (Å²) in [6.45, 7) is 0. The molecule has 0 amide bonds. The van der Waals surface area contributed by atoms with Crippen molar-refractivity contribution in [1.29, 1.82) is 0 Å². The minimum absolute atomic E-state index is 0.171. The third kappa shape index (κ3) is 2.65. The summed E-state index contributed by atoms with van der Waals surface area (Å²) in [5, 5.41) is 4.48. The fraction of sp³-hybridized carbons (Fsp3) is 0.375. The molecule has 9 heteroatoms. The van der Waals surface area contributed by atoms with Gasteiger partial charge in [0.25, 0.3) is 0 Å². The highest BCUT2D eigenvalue weighted by atomic mass is 19.3. The van der Waals surface area contributed by atoms with E-state index >= 15 is 0 Å². The van der Waals surface area contributed by atoms with E-state index in [1.54, 1.807) is 23.0 Å². The molecule has 0 aliphatic heterocycles. The van der Waals surface area contributed by atoms with Crippen molar-refractivity contribution in [1.82, 2.24) is 24.6 Å². The van der Waals surface area contributed by atoms with E-state index in [0.717, 1.165) is 5.56 Å². The molecular weight excluding hydrogens is 332 g/mol. The van der Waals surface area contributed by atoms with E-state index in [9.17, 15) is 8.78 Å². The van der Waals surface area contributed by atoms with Gasteiger partial charge >= 0.3 is 6.01 Å². The number of aromatic nitrogens is 5. The van der Waals surface area contributed by atoms with Crippen LogP contribution in [0.4, 0.5) is 8.78 Å². The van der Waals surface area contributed by atoms with Crippen LogP contribution in [0.15, 0.2) is 24.7 Å². The summed E-state index contributed by atoms with van der Waals surface area (Å²) in [5.74, 6) is -0.562. The zero-order valence-electron chi connectivity index (χ0n) is 13.6. The Hall–Kier alpha value is -2.84. The van der Waals surface area contributed by atoms with Crippen molar-refractivity contribution in [3.8, 4) is 23.1 Å². The summed E-state index contributed by atoms with van der Waals surface area (Å²) < 4.78 is 37.9. The van der Waals surface area contributed by atoms with E-state index < -0.39 is 12.3 Å². The van der Waals surface area contributed by atoms with E-state index in [0.29, 0.717) is 29.2 Å². The maximum atomic E-state index is 13.0. The summed E-state index contributed by atoms with van der Waals surface area (Å²) in [5.41, 5.74) is 2.41. The highest BCUT2D eigenvalue weighted by Crippen LogP contribution is 2.52.